The van der Waals surface area contributed by atoms with Crippen molar-refractivity contribution >= 4 is 23.8 Å². The molecular weight excluding hydrogens is 1110 g/mol. The second-order valence-corrected chi connectivity index (χ2v) is 27.8. The fourth-order valence-electron chi connectivity index (χ4n) is 13.8. The van der Waals surface area contributed by atoms with E-state index in [1.54, 1.807) is 14.1 Å². The predicted molar refractivity (Wildman–Crippen MR) is 398 cm³/mol. The molecule has 8 nitrogen and oxygen atoms in total. The van der Waals surface area contributed by atoms with Crippen LogP contribution in [0.25, 0.3) is 0 Å². The molecule has 2 amide bonds. The normalized spacial score (nSPS) is 12.4. The van der Waals surface area contributed by atoms with Crippen molar-refractivity contribution in [2.45, 2.75) is 454 Å². The van der Waals surface area contributed by atoms with Crippen molar-refractivity contribution in [3.05, 3.63) is 0 Å². The topological polar surface area (TPSA) is 111 Å². The van der Waals surface area contributed by atoms with Crippen LogP contribution in [-0.4, -0.2) is 51.1 Å². The van der Waals surface area contributed by atoms with Crippen LogP contribution in [0, 0.1) is 23.7 Å². The van der Waals surface area contributed by atoms with Gasteiger partial charge in [0.1, 0.15) is 0 Å². The van der Waals surface area contributed by atoms with Crippen molar-refractivity contribution in [1.29, 1.82) is 0 Å². The molecule has 0 saturated carbocycles. The third-order valence-electron chi connectivity index (χ3n) is 19.6. The van der Waals surface area contributed by atoms with Crippen LogP contribution in [0.5, 0.6) is 0 Å². The van der Waals surface area contributed by atoms with Crippen LogP contribution in [0.3, 0.4) is 0 Å². The van der Waals surface area contributed by atoms with Crippen molar-refractivity contribution in [2.75, 3.05) is 27.3 Å². The first-order valence-corrected chi connectivity index (χ1v) is 39.8. The van der Waals surface area contributed by atoms with E-state index in [9.17, 15) is 19.2 Å². The van der Waals surface area contributed by atoms with E-state index in [-0.39, 0.29) is 38.6 Å². The quantitative estimate of drug-likeness (QED) is 0.0464. The zero-order valence-corrected chi connectivity index (χ0v) is 61.0. The van der Waals surface area contributed by atoms with E-state index >= 15 is 0 Å². The van der Waals surface area contributed by atoms with Gasteiger partial charge in [-0.05, 0) is 49.4 Å². The van der Waals surface area contributed by atoms with E-state index in [0.29, 0.717) is 26.1 Å². The Hall–Kier alpha value is -2.12. The molecule has 0 aliphatic rings. The highest BCUT2D eigenvalue weighted by atomic mass is 16.5. The zero-order valence-electron chi connectivity index (χ0n) is 61.0. The van der Waals surface area contributed by atoms with Crippen LogP contribution in [0.4, 0.5) is 0 Å². The number of carbonyl (C=O) groups is 4. The van der Waals surface area contributed by atoms with Gasteiger partial charge in [0.05, 0.1) is 13.2 Å². The van der Waals surface area contributed by atoms with Gasteiger partial charge in [-0.3, -0.25) is 19.2 Å². The molecule has 4 unspecified atom stereocenters. The summed E-state index contributed by atoms with van der Waals surface area (Å²) in [5.74, 6) is 3.74. The lowest BCUT2D eigenvalue weighted by molar-refractivity contribution is -0.142. The highest BCUT2D eigenvalue weighted by Gasteiger charge is 2.22. The van der Waals surface area contributed by atoms with Crippen LogP contribution >= 0.6 is 0 Å². The molecule has 0 aliphatic carbocycles. The highest BCUT2D eigenvalue weighted by molar-refractivity contribution is 5.75. The Morgan fingerprint density at radius 3 is 0.567 bits per heavy atom. The molecule has 2 N–H and O–H groups in total. The minimum Gasteiger partial charge on any atom is -0.466 e. The molecule has 8 heteroatoms. The number of hydrogen-bond acceptors (Lipinski definition) is 6. The van der Waals surface area contributed by atoms with E-state index in [1.165, 1.54) is 373 Å². The van der Waals surface area contributed by atoms with Gasteiger partial charge in [-0.15, -0.1) is 0 Å². The largest absolute Gasteiger partial charge is 0.466 e. The van der Waals surface area contributed by atoms with Gasteiger partial charge in [0, 0.05) is 40.8 Å². The summed E-state index contributed by atoms with van der Waals surface area (Å²) in [4.78, 5) is 44.9. The van der Waals surface area contributed by atoms with Crippen molar-refractivity contribution in [1.82, 2.24) is 10.6 Å². The van der Waals surface area contributed by atoms with E-state index in [0.717, 1.165) is 49.4 Å². The first-order valence-electron chi connectivity index (χ1n) is 39.8. The van der Waals surface area contributed by atoms with Crippen LogP contribution in [0.15, 0.2) is 0 Å². The summed E-state index contributed by atoms with van der Waals surface area (Å²) in [5.41, 5.74) is 0. The van der Waals surface area contributed by atoms with Crippen LogP contribution in [0.2, 0.25) is 0 Å². The lowest BCUT2D eigenvalue weighted by atomic mass is 9.78. The number of carbonyl (C=O) groups excluding carboxylic acids is 4. The van der Waals surface area contributed by atoms with Crippen LogP contribution < -0.4 is 10.6 Å². The van der Waals surface area contributed by atoms with Gasteiger partial charge in [0.15, 0.2) is 0 Å². The fourth-order valence-corrected chi connectivity index (χ4v) is 13.8. The summed E-state index contributed by atoms with van der Waals surface area (Å²) in [5, 5.41) is 5.49. The first kappa shape index (κ1) is 94.3. The maximum Gasteiger partial charge on any atom is 0.302 e. The van der Waals surface area contributed by atoms with Gasteiger partial charge in [-0.1, -0.05) is 402 Å². The standard InChI is InChI=1S/C40H80N2O2.C40H78O4.2CH4/c1-5-7-9-11-13-19-25-31-37(33-27-21-15-17-23-29-35-39(43)41-3)38(32-26-20-14-12-10-8-6-2)34-28-22-16-18-24-30-36-40(44)42-4;1-5-7-9-11-13-19-25-31-39(33-27-21-15-17-23-29-35-43-37(3)41)40(32-26-20-14-12-10-8-6-2)34-28-22-16-18-24-30-36-44-38(4)42;;/h37-38H,5-36H2,1-4H3,(H,41,43)(H,42,44);39-40H,5-36H2,1-4H3;2*1H4. The zero-order chi connectivity index (χ0) is 64.7. The molecule has 0 spiro atoms. The summed E-state index contributed by atoms with van der Waals surface area (Å²) in [6, 6.07) is 0. The molecule has 0 aromatic rings. The third kappa shape index (κ3) is 73.3. The lowest BCUT2D eigenvalue weighted by Gasteiger charge is -2.28. The van der Waals surface area contributed by atoms with E-state index < -0.39 is 0 Å². The molecule has 0 fully saturated rings. The second kappa shape index (κ2) is 79.3. The minimum absolute atomic E-state index is 0. The van der Waals surface area contributed by atoms with Gasteiger partial charge in [0.25, 0.3) is 0 Å². The number of amides is 2. The summed E-state index contributed by atoms with van der Waals surface area (Å²) >= 11 is 0. The summed E-state index contributed by atoms with van der Waals surface area (Å²) in [6.45, 7) is 13.4. The van der Waals surface area contributed by atoms with Crippen molar-refractivity contribution < 1.29 is 28.7 Å². The number of esters is 2. The third-order valence-corrected chi connectivity index (χ3v) is 19.6. The minimum atomic E-state index is -0.153. The Kier molecular flexibility index (Phi) is 83.1. The van der Waals surface area contributed by atoms with Crippen LogP contribution in [0.1, 0.15) is 454 Å². The number of hydrogen-bond donors (Lipinski definition) is 2. The Morgan fingerprint density at radius 1 is 0.244 bits per heavy atom. The Balaban J connectivity index is -0.000000804. The summed E-state index contributed by atoms with van der Waals surface area (Å²) in [7, 11) is 3.48. The molecule has 0 aromatic heterocycles. The van der Waals surface area contributed by atoms with Crippen molar-refractivity contribution in [2.24, 2.45) is 23.7 Å². The van der Waals surface area contributed by atoms with Gasteiger partial charge in [-0.25, -0.2) is 0 Å². The smallest absolute Gasteiger partial charge is 0.302 e. The Morgan fingerprint density at radius 2 is 0.400 bits per heavy atom. The average molecular weight is 1280 g/mol. The Bertz CT molecular complexity index is 1320. The molecule has 0 bridgehead atoms. The molecule has 0 aromatic carbocycles. The molecule has 90 heavy (non-hydrogen) atoms. The molecule has 0 heterocycles. The van der Waals surface area contributed by atoms with E-state index in [2.05, 4.69) is 38.3 Å². The maximum atomic E-state index is 11.5. The monoisotopic (exact) mass is 1280 g/mol. The molecule has 0 saturated heterocycles. The molecule has 0 rings (SSSR count). The highest BCUT2D eigenvalue weighted by Crippen LogP contribution is 2.36. The maximum absolute atomic E-state index is 11.5. The fraction of sp³-hybridized carbons (Fsp3) is 0.951. The van der Waals surface area contributed by atoms with Gasteiger partial charge >= 0.3 is 11.9 Å². The molecule has 0 aliphatic heterocycles. The number of ether oxygens (including phenoxy) is 2. The number of rotatable bonds is 70. The molecule has 4 atom stereocenters. The molecule has 540 valence electrons. The number of unbranched alkanes of at least 4 members (excludes halogenated alkanes) is 44. The Labute approximate surface area is 565 Å². The summed E-state index contributed by atoms with van der Waals surface area (Å²) < 4.78 is 10.2. The van der Waals surface area contributed by atoms with Crippen molar-refractivity contribution in [3.8, 4) is 0 Å². The van der Waals surface area contributed by atoms with Crippen molar-refractivity contribution in [3.63, 3.8) is 0 Å². The predicted octanol–water partition coefficient (Wildman–Crippen LogP) is 26.6. The van der Waals surface area contributed by atoms with Gasteiger partial charge < -0.3 is 20.1 Å². The average Bonchev–Trinajstić information content (AvgIpc) is 3.36. The number of nitrogens with one attached hydrogen (secondary N) is 2. The second-order valence-electron chi connectivity index (χ2n) is 27.8. The summed E-state index contributed by atoms with van der Waals surface area (Å²) in [6.07, 6.45) is 82.8. The molecule has 0 radical (unpaired) electrons. The van der Waals surface area contributed by atoms with E-state index in [4.69, 9.17) is 9.47 Å². The lowest BCUT2D eigenvalue weighted by Crippen LogP contribution is -2.16. The van der Waals surface area contributed by atoms with Crippen LogP contribution in [-0.2, 0) is 28.7 Å². The van der Waals surface area contributed by atoms with Gasteiger partial charge in [0.2, 0.25) is 11.8 Å². The first-order chi connectivity index (χ1) is 43.1. The molecular formula is C82H166N2O6. The SMILES string of the molecule is C.C.CCCCCCCCCC(CCCCCCCCC(=O)NC)C(CCCCCCCCC)CCCCCCCCC(=O)NC.CCCCCCCCCC(CCCCCCCCOC(C)=O)C(CCCCCCCCC)CCCCCCCCOC(C)=O. The van der Waals surface area contributed by atoms with Gasteiger partial charge in [-0.2, -0.15) is 0 Å². The van der Waals surface area contributed by atoms with E-state index in [1.807, 2.05) is 0 Å².